The molecule has 0 heterocycles. The van der Waals surface area contributed by atoms with E-state index in [1.165, 1.54) is 0 Å². The Morgan fingerprint density at radius 2 is 1.41 bits per heavy atom. The number of amides is 1. The number of alkyl carbamates (subject to hydrolysis) is 1. The molecule has 3 aromatic carbocycles. The Hall–Kier alpha value is -2.88. The van der Waals surface area contributed by atoms with Crippen molar-refractivity contribution in [2.24, 2.45) is 0 Å². The quantitative estimate of drug-likeness (QED) is 0.333. The van der Waals surface area contributed by atoms with E-state index in [2.05, 4.69) is 35.6 Å². The summed E-state index contributed by atoms with van der Waals surface area (Å²) < 4.78 is 5.53. The van der Waals surface area contributed by atoms with Crippen molar-refractivity contribution in [3.8, 4) is 0 Å². The third kappa shape index (κ3) is 6.05. The highest BCUT2D eigenvalue weighted by Gasteiger charge is 2.10. The second-order valence-corrected chi connectivity index (χ2v) is 7.52. The molecule has 0 aliphatic carbocycles. The van der Waals surface area contributed by atoms with E-state index < -0.39 is 0 Å². The van der Waals surface area contributed by atoms with Crippen LogP contribution in [0.15, 0.2) is 54.6 Å². The van der Waals surface area contributed by atoms with Crippen molar-refractivity contribution >= 4 is 33.4 Å². The zero-order valence-corrected chi connectivity index (χ0v) is 17.1. The van der Waals surface area contributed by atoms with Crippen LogP contribution in [0.4, 0.5) is 4.79 Å². The summed E-state index contributed by atoms with van der Waals surface area (Å²) in [7, 11) is 0. The van der Waals surface area contributed by atoms with Crippen molar-refractivity contribution < 1.29 is 14.3 Å². The molecule has 3 rings (SSSR count). The lowest BCUT2D eigenvalue weighted by atomic mass is 9.97. The number of benzene rings is 3. The maximum atomic E-state index is 12.1. The maximum Gasteiger partial charge on any atom is 0.407 e. The van der Waals surface area contributed by atoms with E-state index >= 15 is 0 Å². The van der Waals surface area contributed by atoms with Crippen LogP contribution in [0.5, 0.6) is 0 Å². The minimum atomic E-state index is -0.376. The Morgan fingerprint density at radius 3 is 2.07 bits per heavy atom. The van der Waals surface area contributed by atoms with Crippen LogP contribution in [0, 0.1) is 0 Å². The van der Waals surface area contributed by atoms with Crippen LogP contribution >= 0.6 is 0 Å². The van der Waals surface area contributed by atoms with Crippen molar-refractivity contribution in [1.29, 1.82) is 0 Å². The molecule has 4 nitrogen and oxygen atoms in total. The predicted octanol–water partition coefficient (Wildman–Crippen LogP) is 6.15. The van der Waals surface area contributed by atoms with E-state index in [1.807, 2.05) is 24.3 Å². The van der Waals surface area contributed by atoms with Gasteiger partial charge in [-0.2, -0.15) is 0 Å². The molecule has 152 valence electrons. The third-order valence-electron chi connectivity index (χ3n) is 5.21. The molecule has 0 saturated carbocycles. The monoisotopic (exact) mass is 391 g/mol. The van der Waals surface area contributed by atoms with Crippen molar-refractivity contribution in [3.63, 3.8) is 0 Å². The van der Waals surface area contributed by atoms with Crippen molar-refractivity contribution in [3.05, 3.63) is 60.2 Å². The SMILES string of the molecule is CC(=O)CCCCCCCNC(=O)OCc1c2ccccc2cc2ccccc12. The molecule has 4 heteroatoms. The summed E-state index contributed by atoms with van der Waals surface area (Å²) in [6.45, 7) is 2.50. The molecule has 0 unspecified atom stereocenters. The van der Waals surface area contributed by atoms with Crippen LogP contribution in [0.1, 0.15) is 51.0 Å². The van der Waals surface area contributed by atoms with Crippen molar-refractivity contribution in [2.45, 2.75) is 52.1 Å². The number of rotatable bonds is 10. The Kier molecular flexibility index (Phi) is 7.62. The zero-order valence-electron chi connectivity index (χ0n) is 17.1. The predicted molar refractivity (Wildman–Crippen MR) is 118 cm³/mol. The second-order valence-electron chi connectivity index (χ2n) is 7.52. The van der Waals surface area contributed by atoms with Gasteiger partial charge < -0.3 is 14.8 Å². The summed E-state index contributed by atoms with van der Waals surface area (Å²) >= 11 is 0. The fourth-order valence-electron chi connectivity index (χ4n) is 3.67. The molecule has 0 atom stereocenters. The lowest BCUT2D eigenvalue weighted by Crippen LogP contribution is -2.25. The fraction of sp³-hybridized carbons (Fsp3) is 0.360. The van der Waals surface area contributed by atoms with Crippen molar-refractivity contribution in [1.82, 2.24) is 5.32 Å². The Balaban J connectivity index is 1.49. The number of fused-ring (bicyclic) bond motifs is 2. The highest BCUT2D eigenvalue weighted by Crippen LogP contribution is 2.29. The van der Waals surface area contributed by atoms with Gasteiger partial charge in [0.25, 0.3) is 0 Å². The summed E-state index contributed by atoms with van der Waals surface area (Å²) in [5, 5.41) is 7.37. The molecule has 0 fully saturated rings. The van der Waals surface area contributed by atoms with Gasteiger partial charge in [-0.25, -0.2) is 4.79 Å². The fourth-order valence-corrected chi connectivity index (χ4v) is 3.67. The highest BCUT2D eigenvalue weighted by molar-refractivity contribution is 6.02. The molecule has 3 aromatic rings. The molecule has 0 aromatic heterocycles. The van der Waals surface area contributed by atoms with E-state index in [9.17, 15) is 9.59 Å². The molecule has 1 amide bonds. The zero-order chi connectivity index (χ0) is 20.5. The first kappa shape index (κ1) is 20.8. The molecule has 0 aliphatic rings. The first-order chi connectivity index (χ1) is 14.1. The summed E-state index contributed by atoms with van der Waals surface area (Å²) in [5.41, 5.74) is 1.04. The standard InChI is InChI=1S/C25H29NO3/c1-19(27)11-5-3-2-4-10-16-26-25(28)29-18-24-22-14-8-6-12-20(22)17-21-13-7-9-15-23(21)24/h6-9,12-15,17H,2-5,10-11,16,18H2,1H3,(H,26,28). The minimum Gasteiger partial charge on any atom is -0.445 e. The summed E-state index contributed by atoms with van der Waals surface area (Å²) in [6.07, 6.45) is 5.39. The van der Waals surface area contributed by atoms with E-state index in [0.29, 0.717) is 13.0 Å². The van der Waals surface area contributed by atoms with Crippen LogP contribution in [0.2, 0.25) is 0 Å². The molecule has 0 radical (unpaired) electrons. The van der Waals surface area contributed by atoms with Gasteiger partial charge in [0.1, 0.15) is 12.4 Å². The summed E-state index contributed by atoms with van der Waals surface area (Å²) in [5.74, 6) is 0.258. The van der Waals surface area contributed by atoms with Crippen LogP contribution in [0.25, 0.3) is 21.5 Å². The number of ether oxygens (including phenoxy) is 1. The molecule has 0 saturated heterocycles. The molecule has 0 aliphatic heterocycles. The van der Waals surface area contributed by atoms with Gasteiger partial charge in [-0.15, -0.1) is 0 Å². The number of nitrogens with one attached hydrogen (secondary N) is 1. The van der Waals surface area contributed by atoms with E-state index in [1.54, 1.807) is 6.92 Å². The number of hydrogen-bond acceptors (Lipinski definition) is 3. The second kappa shape index (κ2) is 10.6. The van der Waals surface area contributed by atoms with E-state index in [-0.39, 0.29) is 18.5 Å². The van der Waals surface area contributed by atoms with Gasteiger partial charge in [0.2, 0.25) is 0 Å². The normalized spacial score (nSPS) is 10.9. The Bertz CT molecular complexity index is 926. The smallest absolute Gasteiger partial charge is 0.407 e. The largest absolute Gasteiger partial charge is 0.445 e. The van der Waals surface area contributed by atoms with Gasteiger partial charge >= 0.3 is 6.09 Å². The molecular formula is C25H29NO3. The van der Waals surface area contributed by atoms with Gasteiger partial charge in [-0.1, -0.05) is 67.8 Å². The number of ketones is 1. The van der Waals surface area contributed by atoms with Gasteiger partial charge in [0, 0.05) is 18.5 Å². The van der Waals surface area contributed by atoms with Gasteiger partial charge in [-0.3, -0.25) is 0 Å². The van der Waals surface area contributed by atoms with Gasteiger partial charge in [-0.05, 0) is 47.4 Å². The topological polar surface area (TPSA) is 55.4 Å². The first-order valence-corrected chi connectivity index (χ1v) is 10.4. The average Bonchev–Trinajstić information content (AvgIpc) is 2.72. The maximum absolute atomic E-state index is 12.1. The third-order valence-corrected chi connectivity index (χ3v) is 5.21. The lowest BCUT2D eigenvalue weighted by molar-refractivity contribution is -0.117. The highest BCUT2D eigenvalue weighted by atomic mass is 16.5. The number of unbranched alkanes of at least 4 members (excludes halogenated alkanes) is 4. The van der Waals surface area contributed by atoms with Crippen molar-refractivity contribution in [2.75, 3.05) is 6.54 Å². The summed E-state index contributed by atoms with van der Waals surface area (Å²) in [6, 6.07) is 18.6. The van der Waals surface area contributed by atoms with E-state index in [4.69, 9.17) is 4.74 Å². The Morgan fingerprint density at radius 1 is 0.828 bits per heavy atom. The number of carbonyl (C=O) groups is 2. The van der Waals surface area contributed by atoms with Gasteiger partial charge in [0.05, 0.1) is 0 Å². The first-order valence-electron chi connectivity index (χ1n) is 10.4. The molecule has 0 bridgehead atoms. The molecule has 1 N–H and O–H groups in total. The molecule has 0 spiro atoms. The average molecular weight is 392 g/mol. The minimum absolute atomic E-state index is 0.249. The van der Waals surface area contributed by atoms with Crippen LogP contribution in [-0.4, -0.2) is 18.4 Å². The van der Waals surface area contributed by atoms with Crippen LogP contribution in [0.3, 0.4) is 0 Å². The van der Waals surface area contributed by atoms with E-state index in [0.717, 1.165) is 59.2 Å². The summed E-state index contributed by atoms with van der Waals surface area (Å²) in [4.78, 5) is 23.0. The molecular weight excluding hydrogens is 362 g/mol. The number of hydrogen-bond donors (Lipinski definition) is 1. The number of carbonyl (C=O) groups excluding carboxylic acids is 2. The molecule has 29 heavy (non-hydrogen) atoms. The van der Waals surface area contributed by atoms with Crippen LogP contribution in [-0.2, 0) is 16.1 Å². The van der Waals surface area contributed by atoms with Gasteiger partial charge in [0.15, 0.2) is 0 Å². The lowest BCUT2D eigenvalue weighted by Gasteiger charge is -2.12. The Labute approximate surface area is 172 Å². The van der Waals surface area contributed by atoms with Crippen LogP contribution < -0.4 is 5.32 Å². The number of Topliss-reactive ketones (excluding diaryl/α,β-unsaturated/α-hetero) is 1.